The smallest absolute Gasteiger partial charge is 0.209 e. The molecule has 1 aliphatic carbocycles. The molecule has 6 heteroatoms. The summed E-state index contributed by atoms with van der Waals surface area (Å²) in [5.41, 5.74) is 1.35. The van der Waals surface area contributed by atoms with Gasteiger partial charge in [-0.3, -0.25) is 0 Å². The van der Waals surface area contributed by atoms with E-state index < -0.39 is 0 Å². The van der Waals surface area contributed by atoms with Gasteiger partial charge in [-0.15, -0.1) is 5.10 Å². The maximum absolute atomic E-state index is 4.53. The van der Waals surface area contributed by atoms with Crippen LogP contribution < -0.4 is 9.80 Å². The molecule has 158 valence electrons. The fraction of sp³-hybridized carbons (Fsp3) is 0.696. The van der Waals surface area contributed by atoms with E-state index in [4.69, 9.17) is 0 Å². The van der Waals surface area contributed by atoms with Crippen LogP contribution in [0.25, 0.3) is 0 Å². The van der Waals surface area contributed by atoms with Gasteiger partial charge in [0.2, 0.25) is 5.82 Å². The van der Waals surface area contributed by atoms with Gasteiger partial charge in [-0.05, 0) is 54.5 Å². The van der Waals surface area contributed by atoms with Crippen LogP contribution in [-0.4, -0.2) is 52.4 Å². The largest absolute Gasteiger partial charge is 0.323 e. The van der Waals surface area contributed by atoms with Gasteiger partial charge in [0.05, 0.1) is 6.04 Å². The van der Waals surface area contributed by atoms with Crippen molar-refractivity contribution >= 4 is 0 Å². The molecule has 1 aliphatic heterocycles. The standard InChI is InChI=1S/C23H36N6/c1-2-3-13-22(28-18-16-27(17-19-28)21-11-7-8-12-21)23-24-25-26-29(23)15-14-20-9-5-4-6-10-20/h4-6,9-10,21-22H,2-3,7-8,11-19H2,1H3/p+2/t22-/m0/s1. The summed E-state index contributed by atoms with van der Waals surface area (Å²) in [7, 11) is 0. The summed E-state index contributed by atoms with van der Waals surface area (Å²) in [6, 6.07) is 12.0. The molecule has 0 spiro atoms. The van der Waals surface area contributed by atoms with Crippen LogP contribution in [0.2, 0.25) is 0 Å². The number of aryl methyl sites for hydroxylation is 2. The molecule has 0 unspecified atom stereocenters. The number of benzene rings is 1. The summed E-state index contributed by atoms with van der Waals surface area (Å²) < 4.78 is 2.08. The average Bonchev–Trinajstić information content (AvgIpc) is 3.46. The first-order valence-corrected chi connectivity index (χ1v) is 11.8. The van der Waals surface area contributed by atoms with Crippen LogP contribution in [0.3, 0.4) is 0 Å². The lowest BCUT2D eigenvalue weighted by Gasteiger charge is -2.36. The van der Waals surface area contributed by atoms with E-state index in [2.05, 4.69) is 57.5 Å². The summed E-state index contributed by atoms with van der Waals surface area (Å²) in [6.07, 6.45) is 10.4. The van der Waals surface area contributed by atoms with E-state index in [1.165, 1.54) is 76.7 Å². The topological polar surface area (TPSA) is 52.5 Å². The summed E-state index contributed by atoms with van der Waals surface area (Å²) >= 11 is 0. The lowest BCUT2D eigenvalue weighted by molar-refractivity contribution is -1.04. The third kappa shape index (κ3) is 5.23. The Balaban J connectivity index is 1.41. The van der Waals surface area contributed by atoms with Crippen molar-refractivity contribution in [2.24, 2.45) is 0 Å². The molecule has 1 saturated carbocycles. The van der Waals surface area contributed by atoms with Gasteiger partial charge in [0.1, 0.15) is 32.2 Å². The van der Waals surface area contributed by atoms with Crippen LogP contribution in [-0.2, 0) is 13.0 Å². The maximum atomic E-state index is 4.53. The zero-order valence-corrected chi connectivity index (χ0v) is 18.0. The number of unbranched alkanes of at least 4 members (excludes halogenated alkanes) is 1. The number of tetrazole rings is 1. The van der Waals surface area contributed by atoms with Gasteiger partial charge >= 0.3 is 0 Å². The van der Waals surface area contributed by atoms with E-state index in [9.17, 15) is 0 Å². The van der Waals surface area contributed by atoms with E-state index in [-0.39, 0.29) is 0 Å². The quantitative estimate of drug-likeness (QED) is 0.659. The molecule has 6 nitrogen and oxygen atoms in total. The third-order valence-corrected chi connectivity index (χ3v) is 7.13. The fourth-order valence-corrected chi connectivity index (χ4v) is 5.41. The Bertz CT molecular complexity index is 716. The van der Waals surface area contributed by atoms with E-state index in [1.54, 1.807) is 4.90 Å². The van der Waals surface area contributed by atoms with Crippen LogP contribution in [0, 0.1) is 0 Å². The van der Waals surface area contributed by atoms with Crippen LogP contribution in [0.4, 0.5) is 0 Å². The minimum absolute atomic E-state index is 0.436. The molecule has 0 bridgehead atoms. The normalized spacial score (nSPS) is 24.0. The number of quaternary nitrogens is 2. The number of piperazine rings is 1. The van der Waals surface area contributed by atoms with Gasteiger partial charge in [-0.1, -0.05) is 43.7 Å². The number of nitrogens with zero attached hydrogens (tertiary/aromatic N) is 4. The van der Waals surface area contributed by atoms with Crippen LogP contribution in [0.1, 0.15) is 69.3 Å². The first-order chi connectivity index (χ1) is 14.3. The fourth-order valence-electron chi connectivity index (χ4n) is 5.41. The van der Waals surface area contributed by atoms with E-state index in [0.717, 1.165) is 24.8 Å². The number of rotatable bonds is 9. The second-order valence-electron chi connectivity index (χ2n) is 8.99. The molecule has 0 radical (unpaired) electrons. The highest BCUT2D eigenvalue weighted by Crippen LogP contribution is 2.16. The second-order valence-corrected chi connectivity index (χ2v) is 8.99. The van der Waals surface area contributed by atoms with Gasteiger partial charge in [0.25, 0.3) is 0 Å². The van der Waals surface area contributed by atoms with Gasteiger partial charge < -0.3 is 9.80 Å². The minimum Gasteiger partial charge on any atom is -0.323 e. The molecule has 2 N–H and O–H groups in total. The molecular weight excluding hydrogens is 360 g/mol. The Hall–Kier alpha value is -1.79. The molecule has 1 atom stereocenters. The van der Waals surface area contributed by atoms with E-state index in [1.807, 2.05) is 4.90 Å². The summed E-state index contributed by atoms with van der Waals surface area (Å²) in [5.74, 6) is 1.11. The van der Waals surface area contributed by atoms with Crippen molar-refractivity contribution in [2.45, 2.75) is 76.9 Å². The minimum atomic E-state index is 0.436. The highest BCUT2D eigenvalue weighted by Gasteiger charge is 2.36. The predicted octanol–water partition coefficient (Wildman–Crippen LogP) is 0.873. The monoisotopic (exact) mass is 398 g/mol. The van der Waals surface area contributed by atoms with Crippen LogP contribution >= 0.6 is 0 Å². The van der Waals surface area contributed by atoms with E-state index >= 15 is 0 Å². The van der Waals surface area contributed by atoms with Crippen molar-refractivity contribution in [3.8, 4) is 0 Å². The molecule has 0 amide bonds. The lowest BCUT2D eigenvalue weighted by Crippen LogP contribution is -3.29. The molecule has 2 fully saturated rings. The second kappa shape index (κ2) is 10.3. The van der Waals surface area contributed by atoms with Gasteiger partial charge in [0.15, 0.2) is 0 Å². The Kier molecular flexibility index (Phi) is 7.28. The highest BCUT2D eigenvalue weighted by atomic mass is 15.6. The Morgan fingerprint density at radius 2 is 1.83 bits per heavy atom. The van der Waals surface area contributed by atoms with Gasteiger partial charge in [-0.2, -0.15) is 0 Å². The molecule has 2 heterocycles. The Morgan fingerprint density at radius 3 is 2.55 bits per heavy atom. The first-order valence-electron chi connectivity index (χ1n) is 11.8. The molecule has 29 heavy (non-hydrogen) atoms. The Labute approximate surface area is 175 Å². The van der Waals surface area contributed by atoms with Crippen molar-refractivity contribution < 1.29 is 9.80 Å². The third-order valence-electron chi connectivity index (χ3n) is 7.13. The van der Waals surface area contributed by atoms with Crippen molar-refractivity contribution in [1.29, 1.82) is 0 Å². The van der Waals surface area contributed by atoms with Crippen molar-refractivity contribution in [2.75, 3.05) is 26.2 Å². The molecule has 1 aromatic carbocycles. The molecule has 4 rings (SSSR count). The van der Waals surface area contributed by atoms with Crippen LogP contribution in [0.15, 0.2) is 30.3 Å². The Morgan fingerprint density at radius 1 is 1.07 bits per heavy atom. The maximum Gasteiger partial charge on any atom is 0.209 e. The first kappa shape index (κ1) is 20.5. The number of nitrogens with one attached hydrogen (secondary N) is 2. The van der Waals surface area contributed by atoms with Gasteiger partial charge in [0, 0.05) is 13.0 Å². The summed E-state index contributed by atoms with van der Waals surface area (Å²) in [6.45, 7) is 8.29. The number of aromatic nitrogens is 4. The van der Waals surface area contributed by atoms with Crippen molar-refractivity contribution in [3.63, 3.8) is 0 Å². The number of hydrogen-bond donors (Lipinski definition) is 2. The molecule has 2 aromatic rings. The highest BCUT2D eigenvalue weighted by molar-refractivity contribution is 5.14. The molecule has 2 aliphatic rings. The lowest BCUT2D eigenvalue weighted by atomic mass is 10.1. The molecular formula is C23H38N6+2. The zero-order valence-electron chi connectivity index (χ0n) is 18.0. The van der Waals surface area contributed by atoms with Gasteiger partial charge in [-0.25, -0.2) is 4.68 Å². The molecule has 1 aromatic heterocycles. The van der Waals surface area contributed by atoms with Crippen molar-refractivity contribution in [1.82, 2.24) is 20.2 Å². The summed E-state index contributed by atoms with van der Waals surface area (Å²) in [5, 5.41) is 13.0. The van der Waals surface area contributed by atoms with Crippen LogP contribution in [0.5, 0.6) is 0 Å². The molecule has 1 saturated heterocycles. The summed E-state index contributed by atoms with van der Waals surface area (Å²) in [4.78, 5) is 3.57. The van der Waals surface area contributed by atoms with Crippen molar-refractivity contribution in [3.05, 3.63) is 41.7 Å². The van der Waals surface area contributed by atoms with E-state index in [0.29, 0.717) is 6.04 Å². The SMILES string of the molecule is CCCC[C@@H](c1nnnn1CCc1ccccc1)[NH+]1CC[NH+](C2CCCC2)CC1. The predicted molar refractivity (Wildman–Crippen MR) is 114 cm³/mol. The zero-order chi connectivity index (χ0) is 19.9. The number of hydrogen-bond acceptors (Lipinski definition) is 3. The average molecular weight is 399 g/mol.